The van der Waals surface area contributed by atoms with E-state index in [9.17, 15) is 18.0 Å². The summed E-state index contributed by atoms with van der Waals surface area (Å²) in [6.07, 6.45) is 0.107. The van der Waals surface area contributed by atoms with Crippen molar-refractivity contribution in [1.82, 2.24) is 5.32 Å². The lowest BCUT2D eigenvalue weighted by Gasteiger charge is -2.15. The van der Waals surface area contributed by atoms with Crippen molar-refractivity contribution in [1.29, 1.82) is 0 Å². The summed E-state index contributed by atoms with van der Waals surface area (Å²) < 4.78 is 42.0. The molecule has 0 saturated carbocycles. The second-order valence-corrected chi connectivity index (χ2v) is 6.02. The van der Waals surface area contributed by atoms with E-state index in [1.807, 2.05) is 0 Å². The zero-order chi connectivity index (χ0) is 17.7. The van der Waals surface area contributed by atoms with Crippen LogP contribution in [0.15, 0.2) is 46.9 Å². The van der Waals surface area contributed by atoms with Crippen LogP contribution in [0.3, 0.4) is 0 Å². The summed E-state index contributed by atoms with van der Waals surface area (Å²) in [4.78, 5) is 12.1. The second-order valence-electron chi connectivity index (χ2n) is 5.16. The van der Waals surface area contributed by atoms with Gasteiger partial charge in [-0.05, 0) is 58.2 Å². The zero-order valence-corrected chi connectivity index (χ0v) is 14.3. The Kier molecular flexibility index (Phi) is 6.25. The number of rotatable bonds is 6. The van der Waals surface area contributed by atoms with Crippen molar-refractivity contribution in [3.8, 4) is 5.75 Å². The largest absolute Gasteiger partial charge is 0.435 e. The maximum atomic E-state index is 13.2. The van der Waals surface area contributed by atoms with E-state index >= 15 is 0 Å². The molecule has 0 bridgehead atoms. The van der Waals surface area contributed by atoms with Crippen LogP contribution in [-0.2, 0) is 11.2 Å². The number of benzene rings is 2. The van der Waals surface area contributed by atoms with Gasteiger partial charge >= 0.3 is 6.61 Å². The predicted molar refractivity (Wildman–Crippen MR) is 87.4 cm³/mol. The first-order valence-corrected chi connectivity index (χ1v) is 7.92. The minimum Gasteiger partial charge on any atom is -0.435 e. The van der Waals surface area contributed by atoms with Gasteiger partial charge in [-0.1, -0.05) is 18.2 Å². The van der Waals surface area contributed by atoms with E-state index in [1.165, 1.54) is 18.2 Å². The van der Waals surface area contributed by atoms with Crippen LogP contribution < -0.4 is 10.1 Å². The lowest BCUT2D eigenvalue weighted by Crippen LogP contribution is -2.28. The molecule has 1 unspecified atom stereocenters. The van der Waals surface area contributed by atoms with Gasteiger partial charge in [-0.15, -0.1) is 0 Å². The number of amides is 1. The van der Waals surface area contributed by atoms with E-state index in [1.54, 1.807) is 31.2 Å². The number of ether oxygens (including phenoxy) is 1. The van der Waals surface area contributed by atoms with Gasteiger partial charge in [0.15, 0.2) is 0 Å². The molecule has 2 aromatic carbocycles. The van der Waals surface area contributed by atoms with Crippen molar-refractivity contribution in [2.45, 2.75) is 26.0 Å². The molecule has 0 spiro atoms. The average Bonchev–Trinajstić information content (AvgIpc) is 2.51. The highest BCUT2D eigenvalue weighted by Gasteiger charge is 2.12. The predicted octanol–water partition coefficient (Wildman–Crippen LogP) is 4.61. The molecule has 7 heteroatoms. The molecule has 1 N–H and O–H groups in total. The van der Waals surface area contributed by atoms with Gasteiger partial charge in [0.25, 0.3) is 0 Å². The SMILES string of the molecule is CC(NC(=O)Cc1ccc(F)c(Br)c1)c1ccc(OC(F)F)cc1. The summed E-state index contributed by atoms with van der Waals surface area (Å²) in [6.45, 7) is -1.09. The lowest BCUT2D eigenvalue weighted by molar-refractivity contribution is -0.121. The zero-order valence-electron chi connectivity index (χ0n) is 12.7. The van der Waals surface area contributed by atoms with Gasteiger partial charge in [0.2, 0.25) is 5.91 Å². The molecule has 0 aliphatic heterocycles. The number of halogens is 4. The van der Waals surface area contributed by atoms with Crippen molar-refractivity contribution in [2.24, 2.45) is 0 Å². The summed E-state index contributed by atoms with van der Waals surface area (Å²) in [5.74, 6) is -0.559. The van der Waals surface area contributed by atoms with Gasteiger partial charge in [-0.2, -0.15) is 8.78 Å². The third kappa shape index (κ3) is 5.26. The molecule has 0 aliphatic carbocycles. The number of alkyl halides is 2. The van der Waals surface area contributed by atoms with Crippen molar-refractivity contribution in [3.63, 3.8) is 0 Å². The molecule has 1 atom stereocenters. The molecular formula is C17H15BrF3NO2. The monoisotopic (exact) mass is 401 g/mol. The van der Waals surface area contributed by atoms with Gasteiger partial charge in [0.05, 0.1) is 16.9 Å². The standard InChI is InChI=1S/C17H15BrF3NO2/c1-10(12-3-5-13(6-4-12)24-17(20)21)22-16(23)9-11-2-7-15(19)14(18)8-11/h2-8,10,17H,9H2,1H3,(H,22,23). The molecule has 0 heterocycles. The number of hydrogen-bond acceptors (Lipinski definition) is 2. The Balaban J connectivity index is 1.94. The van der Waals surface area contributed by atoms with Crippen LogP contribution in [0.4, 0.5) is 13.2 Å². The molecule has 24 heavy (non-hydrogen) atoms. The van der Waals surface area contributed by atoms with Crippen LogP contribution >= 0.6 is 15.9 Å². The Morgan fingerprint density at radius 3 is 2.46 bits per heavy atom. The summed E-state index contributed by atoms with van der Waals surface area (Å²) in [7, 11) is 0. The quantitative estimate of drug-likeness (QED) is 0.767. The summed E-state index contributed by atoms with van der Waals surface area (Å²) in [6, 6.07) is 10.1. The Bertz CT molecular complexity index is 707. The molecule has 2 aromatic rings. The highest BCUT2D eigenvalue weighted by molar-refractivity contribution is 9.10. The van der Waals surface area contributed by atoms with E-state index in [4.69, 9.17) is 0 Å². The Hall–Kier alpha value is -2.02. The van der Waals surface area contributed by atoms with Crippen LogP contribution in [0.5, 0.6) is 5.75 Å². The van der Waals surface area contributed by atoms with E-state index in [0.29, 0.717) is 10.0 Å². The fraction of sp³-hybridized carbons (Fsp3) is 0.235. The molecule has 0 aliphatic rings. The molecule has 0 radical (unpaired) electrons. The number of nitrogens with one attached hydrogen (secondary N) is 1. The minimum absolute atomic E-state index is 0.0587. The number of hydrogen-bond donors (Lipinski definition) is 1. The van der Waals surface area contributed by atoms with Gasteiger partial charge < -0.3 is 10.1 Å². The first-order chi connectivity index (χ1) is 11.3. The Labute approximate surface area is 146 Å². The van der Waals surface area contributed by atoms with E-state index in [0.717, 1.165) is 5.56 Å². The van der Waals surface area contributed by atoms with Gasteiger partial charge in [-0.3, -0.25) is 4.79 Å². The van der Waals surface area contributed by atoms with E-state index in [2.05, 4.69) is 26.0 Å². The molecule has 3 nitrogen and oxygen atoms in total. The van der Waals surface area contributed by atoms with Crippen molar-refractivity contribution < 1.29 is 22.7 Å². The van der Waals surface area contributed by atoms with Crippen LogP contribution in [0.25, 0.3) is 0 Å². The summed E-state index contributed by atoms with van der Waals surface area (Å²) in [5.41, 5.74) is 1.43. The van der Waals surface area contributed by atoms with Crippen LogP contribution in [-0.4, -0.2) is 12.5 Å². The van der Waals surface area contributed by atoms with E-state index < -0.39 is 12.4 Å². The molecule has 0 saturated heterocycles. The molecule has 0 fully saturated rings. The lowest BCUT2D eigenvalue weighted by atomic mass is 10.1. The second kappa shape index (κ2) is 8.19. The van der Waals surface area contributed by atoms with E-state index in [-0.39, 0.29) is 24.1 Å². The molecule has 1 amide bonds. The Morgan fingerprint density at radius 1 is 1.21 bits per heavy atom. The maximum Gasteiger partial charge on any atom is 0.387 e. The van der Waals surface area contributed by atoms with Crippen LogP contribution in [0, 0.1) is 5.82 Å². The number of carbonyl (C=O) groups is 1. The summed E-state index contributed by atoms with van der Waals surface area (Å²) in [5, 5.41) is 2.80. The third-order valence-corrected chi connectivity index (χ3v) is 3.94. The number of carbonyl (C=O) groups excluding carboxylic acids is 1. The first kappa shape index (κ1) is 18.3. The topological polar surface area (TPSA) is 38.3 Å². The van der Waals surface area contributed by atoms with Crippen LogP contribution in [0.1, 0.15) is 24.1 Å². The first-order valence-electron chi connectivity index (χ1n) is 7.13. The maximum absolute atomic E-state index is 13.2. The Morgan fingerprint density at radius 2 is 1.88 bits per heavy atom. The van der Waals surface area contributed by atoms with Crippen molar-refractivity contribution in [2.75, 3.05) is 0 Å². The molecular weight excluding hydrogens is 387 g/mol. The highest BCUT2D eigenvalue weighted by atomic mass is 79.9. The van der Waals surface area contributed by atoms with Gasteiger partial charge in [0.1, 0.15) is 11.6 Å². The smallest absolute Gasteiger partial charge is 0.387 e. The molecule has 0 aromatic heterocycles. The normalized spacial score (nSPS) is 12.1. The summed E-state index contributed by atoms with van der Waals surface area (Å²) >= 11 is 3.08. The molecule has 2 rings (SSSR count). The van der Waals surface area contributed by atoms with Crippen LogP contribution in [0.2, 0.25) is 0 Å². The van der Waals surface area contributed by atoms with Crippen molar-refractivity contribution >= 4 is 21.8 Å². The van der Waals surface area contributed by atoms with Gasteiger partial charge in [0, 0.05) is 0 Å². The third-order valence-electron chi connectivity index (χ3n) is 3.33. The fourth-order valence-electron chi connectivity index (χ4n) is 2.15. The van der Waals surface area contributed by atoms with Crippen molar-refractivity contribution in [3.05, 3.63) is 63.9 Å². The average molecular weight is 402 g/mol. The fourth-order valence-corrected chi connectivity index (χ4v) is 2.57. The van der Waals surface area contributed by atoms with Gasteiger partial charge in [-0.25, -0.2) is 4.39 Å². The molecule has 128 valence electrons. The highest BCUT2D eigenvalue weighted by Crippen LogP contribution is 2.20. The minimum atomic E-state index is -2.87.